The number of ether oxygens (including phenoxy) is 2. The molecule has 168 valence electrons. The lowest BCUT2D eigenvalue weighted by Gasteiger charge is -2.18. The summed E-state index contributed by atoms with van der Waals surface area (Å²) in [7, 11) is 1.50. The summed E-state index contributed by atoms with van der Waals surface area (Å²) in [4.78, 5) is 16.1. The smallest absolute Gasteiger partial charge is 0.255 e. The molecule has 0 saturated carbocycles. The van der Waals surface area contributed by atoms with Crippen molar-refractivity contribution < 1.29 is 18.7 Å². The molecule has 2 heterocycles. The monoisotopic (exact) mass is 437 g/mol. The van der Waals surface area contributed by atoms with E-state index in [-0.39, 0.29) is 24.0 Å². The molecular formula is C25H28FN3O3. The van der Waals surface area contributed by atoms with Gasteiger partial charge in [0.05, 0.1) is 24.8 Å². The van der Waals surface area contributed by atoms with Crippen molar-refractivity contribution in [3.05, 3.63) is 29.5 Å². The molecule has 1 saturated heterocycles. The lowest BCUT2D eigenvalue weighted by molar-refractivity contribution is -0.123. The largest absolute Gasteiger partial charge is 0.495 e. The second-order valence-corrected chi connectivity index (χ2v) is 8.91. The standard InChI is InChI=1S/C25H28FN3O3/c1-6-17-20(29-23(30)22(17)26)8-10-32-24-19-12-21(31-5)16(13-27)11-18(19)15(14-28-24)7-9-25(2,3)4/h11-12,14,17,20,22H,6,8,10H2,1-5H3,(H,29,30)/t17-,20+,22-/m0/s1. The molecule has 2 aromatic rings. The summed E-state index contributed by atoms with van der Waals surface area (Å²) >= 11 is 0. The molecule has 0 spiro atoms. The number of methoxy groups -OCH3 is 1. The third-order valence-corrected chi connectivity index (χ3v) is 5.47. The summed E-state index contributed by atoms with van der Waals surface area (Å²) in [5.74, 6) is 6.24. The summed E-state index contributed by atoms with van der Waals surface area (Å²) in [6.07, 6.45) is 1.19. The van der Waals surface area contributed by atoms with E-state index >= 15 is 0 Å². The molecule has 0 radical (unpaired) electrons. The van der Waals surface area contributed by atoms with Gasteiger partial charge in [-0.2, -0.15) is 5.26 Å². The molecule has 1 amide bonds. The molecule has 1 N–H and O–H groups in total. The molecule has 7 heteroatoms. The van der Waals surface area contributed by atoms with Crippen LogP contribution in [0.4, 0.5) is 4.39 Å². The van der Waals surface area contributed by atoms with Crippen molar-refractivity contribution in [2.45, 2.75) is 52.8 Å². The predicted molar refractivity (Wildman–Crippen MR) is 120 cm³/mol. The van der Waals surface area contributed by atoms with Crippen LogP contribution in [0.5, 0.6) is 11.6 Å². The third kappa shape index (κ3) is 4.94. The first-order chi connectivity index (χ1) is 15.2. The number of carbonyl (C=O) groups is 1. The van der Waals surface area contributed by atoms with Crippen molar-refractivity contribution in [2.75, 3.05) is 13.7 Å². The number of rotatable bonds is 6. The number of fused-ring (bicyclic) bond motifs is 1. The first-order valence-electron chi connectivity index (χ1n) is 10.7. The van der Waals surface area contributed by atoms with Gasteiger partial charge >= 0.3 is 0 Å². The summed E-state index contributed by atoms with van der Waals surface area (Å²) in [5, 5.41) is 13.6. The van der Waals surface area contributed by atoms with E-state index in [4.69, 9.17) is 9.47 Å². The van der Waals surface area contributed by atoms with E-state index < -0.39 is 12.1 Å². The van der Waals surface area contributed by atoms with Gasteiger partial charge in [-0.1, -0.05) is 18.8 Å². The Bertz CT molecular complexity index is 1120. The van der Waals surface area contributed by atoms with Crippen LogP contribution in [-0.2, 0) is 4.79 Å². The van der Waals surface area contributed by atoms with E-state index in [0.717, 1.165) is 5.39 Å². The normalized spacial score (nSPS) is 20.3. The Hall–Kier alpha value is -3.32. The van der Waals surface area contributed by atoms with Crippen LogP contribution in [0.15, 0.2) is 18.3 Å². The predicted octanol–water partition coefficient (Wildman–Crippen LogP) is 4.14. The van der Waals surface area contributed by atoms with E-state index in [1.165, 1.54) is 7.11 Å². The summed E-state index contributed by atoms with van der Waals surface area (Å²) < 4.78 is 25.3. The number of hydrogen-bond donors (Lipinski definition) is 1. The lowest BCUT2D eigenvalue weighted by Crippen LogP contribution is -2.30. The molecule has 0 bridgehead atoms. The number of nitrogens with one attached hydrogen (secondary N) is 1. The lowest BCUT2D eigenvalue weighted by atomic mass is 9.94. The number of pyridine rings is 1. The van der Waals surface area contributed by atoms with Gasteiger partial charge in [0.25, 0.3) is 5.91 Å². The summed E-state index contributed by atoms with van der Waals surface area (Å²) in [6.45, 7) is 8.18. The zero-order valence-corrected chi connectivity index (χ0v) is 19.1. The number of nitrogens with zero attached hydrogens (tertiary/aromatic N) is 2. The minimum absolute atomic E-state index is 0.193. The van der Waals surface area contributed by atoms with Crippen LogP contribution in [0, 0.1) is 34.5 Å². The summed E-state index contributed by atoms with van der Waals surface area (Å²) in [5.41, 5.74) is 0.891. The van der Waals surface area contributed by atoms with Crippen LogP contribution in [0.25, 0.3) is 10.8 Å². The van der Waals surface area contributed by atoms with Gasteiger partial charge in [-0.05, 0) is 39.3 Å². The fraction of sp³-hybridized carbons (Fsp3) is 0.480. The molecule has 1 aliphatic rings. The van der Waals surface area contributed by atoms with Crippen molar-refractivity contribution in [2.24, 2.45) is 11.3 Å². The molecule has 1 fully saturated rings. The fourth-order valence-electron chi connectivity index (χ4n) is 3.80. The average Bonchev–Trinajstić information content (AvgIpc) is 3.03. The molecule has 3 atom stereocenters. The van der Waals surface area contributed by atoms with Gasteiger partial charge in [-0.15, -0.1) is 0 Å². The topological polar surface area (TPSA) is 84.2 Å². The number of amides is 1. The van der Waals surface area contributed by atoms with E-state index in [9.17, 15) is 14.4 Å². The molecule has 32 heavy (non-hydrogen) atoms. The molecule has 1 aliphatic heterocycles. The number of hydrogen-bond acceptors (Lipinski definition) is 5. The fourth-order valence-corrected chi connectivity index (χ4v) is 3.80. The van der Waals surface area contributed by atoms with Crippen molar-refractivity contribution in [1.29, 1.82) is 5.26 Å². The number of carbonyl (C=O) groups excluding carboxylic acids is 1. The minimum Gasteiger partial charge on any atom is -0.495 e. The molecule has 1 aromatic heterocycles. The SMILES string of the molecule is CC[C@@H]1[C@H](F)C(=O)N[C@@H]1CCOc1ncc(C#CC(C)(C)C)c2cc(C#N)c(OC)cc12. The van der Waals surface area contributed by atoms with E-state index in [1.54, 1.807) is 18.3 Å². The van der Waals surface area contributed by atoms with Crippen LogP contribution in [0.1, 0.15) is 51.7 Å². The van der Waals surface area contributed by atoms with E-state index in [1.807, 2.05) is 27.7 Å². The Morgan fingerprint density at radius 2 is 2.00 bits per heavy atom. The quantitative estimate of drug-likeness (QED) is 0.687. The van der Waals surface area contributed by atoms with Crippen molar-refractivity contribution in [3.63, 3.8) is 0 Å². The van der Waals surface area contributed by atoms with Gasteiger partial charge in [0.2, 0.25) is 5.88 Å². The zero-order valence-electron chi connectivity index (χ0n) is 19.1. The van der Waals surface area contributed by atoms with Crippen molar-refractivity contribution in [3.8, 4) is 29.5 Å². The Morgan fingerprint density at radius 1 is 1.25 bits per heavy atom. The van der Waals surface area contributed by atoms with Gasteiger partial charge in [0.1, 0.15) is 11.8 Å². The molecule has 3 rings (SSSR count). The molecule has 1 aromatic carbocycles. The Kier molecular flexibility index (Phi) is 6.89. The number of nitriles is 1. The number of benzene rings is 1. The highest BCUT2D eigenvalue weighted by Crippen LogP contribution is 2.33. The highest BCUT2D eigenvalue weighted by Gasteiger charge is 2.41. The van der Waals surface area contributed by atoms with Crippen LogP contribution >= 0.6 is 0 Å². The van der Waals surface area contributed by atoms with Gasteiger partial charge in [0.15, 0.2) is 6.17 Å². The number of alkyl halides is 1. The number of halogens is 1. The maximum atomic E-state index is 14.0. The van der Waals surface area contributed by atoms with E-state index in [2.05, 4.69) is 28.2 Å². The maximum absolute atomic E-state index is 14.0. The summed E-state index contributed by atoms with van der Waals surface area (Å²) in [6, 6.07) is 5.33. The van der Waals surface area contributed by atoms with Gasteiger partial charge in [0, 0.05) is 40.8 Å². The van der Waals surface area contributed by atoms with Crippen LogP contribution in [-0.4, -0.2) is 36.8 Å². The highest BCUT2D eigenvalue weighted by molar-refractivity contribution is 5.94. The van der Waals surface area contributed by atoms with Crippen LogP contribution < -0.4 is 14.8 Å². The van der Waals surface area contributed by atoms with Gasteiger partial charge < -0.3 is 14.8 Å². The second kappa shape index (κ2) is 9.44. The third-order valence-electron chi connectivity index (χ3n) is 5.47. The van der Waals surface area contributed by atoms with E-state index in [0.29, 0.717) is 41.0 Å². The molecular weight excluding hydrogens is 409 g/mol. The maximum Gasteiger partial charge on any atom is 0.255 e. The zero-order chi connectivity index (χ0) is 23.5. The first kappa shape index (κ1) is 23.3. The number of aromatic nitrogens is 1. The Labute approximate surface area is 188 Å². The first-order valence-corrected chi connectivity index (χ1v) is 10.7. The molecule has 6 nitrogen and oxygen atoms in total. The Balaban J connectivity index is 1.92. The average molecular weight is 438 g/mol. The second-order valence-electron chi connectivity index (χ2n) is 8.91. The van der Waals surface area contributed by atoms with Crippen LogP contribution in [0.2, 0.25) is 0 Å². The van der Waals surface area contributed by atoms with Gasteiger partial charge in [-0.3, -0.25) is 4.79 Å². The molecule has 0 unspecified atom stereocenters. The van der Waals surface area contributed by atoms with Crippen LogP contribution in [0.3, 0.4) is 0 Å². The van der Waals surface area contributed by atoms with Gasteiger partial charge in [-0.25, -0.2) is 9.37 Å². The highest BCUT2D eigenvalue weighted by atomic mass is 19.1. The Morgan fingerprint density at radius 3 is 2.62 bits per heavy atom. The van der Waals surface area contributed by atoms with Crippen molar-refractivity contribution in [1.82, 2.24) is 10.3 Å². The van der Waals surface area contributed by atoms with Crippen molar-refractivity contribution >= 4 is 16.7 Å². The minimum atomic E-state index is -1.47. The molecule has 0 aliphatic carbocycles.